The highest BCUT2D eigenvalue weighted by Gasteiger charge is 2.27. The van der Waals surface area contributed by atoms with E-state index in [4.69, 9.17) is 9.47 Å². The van der Waals surface area contributed by atoms with E-state index in [0.717, 1.165) is 0 Å². The van der Waals surface area contributed by atoms with Crippen molar-refractivity contribution in [2.45, 2.75) is 26.4 Å². The van der Waals surface area contributed by atoms with E-state index in [9.17, 15) is 14.4 Å². The molecule has 1 aliphatic heterocycles. The van der Waals surface area contributed by atoms with Gasteiger partial charge < -0.3 is 14.4 Å². The number of hydrogen-bond acceptors (Lipinski definition) is 6. The first-order chi connectivity index (χ1) is 8.90. The SMILES string of the molecule is CC(=O)OC/C1=C/CN(C)CC[C@@H](OC(C)=O)C1=O. The molecule has 19 heavy (non-hydrogen) atoms. The van der Waals surface area contributed by atoms with Crippen molar-refractivity contribution in [1.82, 2.24) is 4.90 Å². The molecular weight excluding hydrogens is 250 g/mol. The van der Waals surface area contributed by atoms with Crippen molar-refractivity contribution in [2.24, 2.45) is 0 Å². The summed E-state index contributed by atoms with van der Waals surface area (Å²) in [6, 6.07) is 0. The van der Waals surface area contributed by atoms with Crippen molar-refractivity contribution in [3.8, 4) is 0 Å². The van der Waals surface area contributed by atoms with Gasteiger partial charge in [0.2, 0.25) is 5.78 Å². The van der Waals surface area contributed by atoms with Gasteiger partial charge in [0, 0.05) is 38.9 Å². The van der Waals surface area contributed by atoms with E-state index in [0.29, 0.717) is 25.1 Å². The number of rotatable bonds is 3. The third-order valence-corrected chi connectivity index (χ3v) is 2.77. The molecule has 0 aromatic rings. The smallest absolute Gasteiger partial charge is 0.303 e. The van der Waals surface area contributed by atoms with Gasteiger partial charge in [0.1, 0.15) is 6.61 Å². The molecule has 0 aliphatic carbocycles. The van der Waals surface area contributed by atoms with Crippen LogP contribution in [0.15, 0.2) is 11.6 Å². The number of esters is 2. The molecule has 1 atom stereocenters. The highest BCUT2D eigenvalue weighted by atomic mass is 16.5. The highest BCUT2D eigenvalue weighted by molar-refractivity contribution is 6.00. The average molecular weight is 269 g/mol. The van der Waals surface area contributed by atoms with Crippen molar-refractivity contribution < 1.29 is 23.9 Å². The first-order valence-electron chi connectivity index (χ1n) is 6.12. The molecule has 0 aromatic heterocycles. The average Bonchev–Trinajstić information content (AvgIpc) is 2.31. The second-order valence-electron chi connectivity index (χ2n) is 4.52. The lowest BCUT2D eigenvalue weighted by Crippen LogP contribution is -2.36. The normalized spacial score (nSPS) is 23.8. The van der Waals surface area contributed by atoms with Gasteiger partial charge in [-0.2, -0.15) is 0 Å². The lowest BCUT2D eigenvalue weighted by molar-refractivity contribution is -0.153. The van der Waals surface area contributed by atoms with Gasteiger partial charge >= 0.3 is 11.9 Å². The maximum absolute atomic E-state index is 12.2. The summed E-state index contributed by atoms with van der Waals surface area (Å²) >= 11 is 0. The van der Waals surface area contributed by atoms with E-state index in [2.05, 4.69) is 0 Å². The van der Waals surface area contributed by atoms with Gasteiger partial charge in [-0.1, -0.05) is 6.08 Å². The molecule has 0 saturated carbocycles. The summed E-state index contributed by atoms with van der Waals surface area (Å²) < 4.78 is 9.88. The van der Waals surface area contributed by atoms with Crippen molar-refractivity contribution >= 4 is 17.7 Å². The number of hydrogen-bond donors (Lipinski definition) is 0. The molecule has 0 amide bonds. The Morgan fingerprint density at radius 2 is 2.05 bits per heavy atom. The Morgan fingerprint density at radius 3 is 2.63 bits per heavy atom. The van der Waals surface area contributed by atoms with Crippen molar-refractivity contribution in [3.05, 3.63) is 11.6 Å². The zero-order valence-corrected chi connectivity index (χ0v) is 11.5. The molecule has 0 bridgehead atoms. The number of ketones is 1. The molecule has 6 heteroatoms. The van der Waals surface area contributed by atoms with Crippen LogP contribution in [-0.4, -0.2) is 55.5 Å². The minimum Gasteiger partial charge on any atom is -0.461 e. The van der Waals surface area contributed by atoms with Crippen LogP contribution in [0.2, 0.25) is 0 Å². The van der Waals surface area contributed by atoms with Gasteiger partial charge in [0.25, 0.3) is 0 Å². The van der Waals surface area contributed by atoms with E-state index in [1.54, 1.807) is 6.08 Å². The Morgan fingerprint density at radius 1 is 1.37 bits per heavy atom. The topological polar surface area (TPSA) is 72.9 Å². The minimum absolute atomic E-state index is 0.0836. The Balaban J connectivity index is 2.83. The Kier molecular flexibility index (Phi) is 5.69. The van der Waals surface area contributed by atoms with Crippen LogP contribution in [-0.2, 0) is 23.9 Å². The Hall–Kier alpha value is -1.69. The van der Waals surface area contributed by atoms with Crippen LogP contribution < -0.4 is 0 Å². The van der Waals surface area contributed by atoms with E-state index >= 15 is 0 Å². The standard InChI is InChI=1S/C13H19NO5/c1-9(15)18-8-11-4-6-14(3)7-5-12(13(11)17)19-10(2)16/h4,12H,5-8H2,1-3H3/b11-4-/t12-/m1/s1. The maximum atomic E-state index is 12.2. The van der Waals surface area contributed by atoms with Gasteiger partial charge in [0.15, 0.2) is 6.10 Å². The monoisotopic (exact) mass is 269 g/mol. The van der Waals surface area contributed by atoms with Gasteiger partial charge in [-0.15, -0.1) is 0 Å². The second kappa shape index (κ2) is 7.04. The highest BCUT2D eigenvalue weighted by Crippen LogP contribution is 2.13. The van der Waals surface area contributed by atoms with E-state index in [1.165, 1.54) is 13.8 Å². The summed E-state index contributed by atoms with van der Waals surface area (Å²) in [6.45, 7) is 3.71. The fourth-order valence-corrected chi connectivity index (χ4v) is 1.76. The van der Waals surface area contributed by atoms with Gasteiger partial charge in [-0.25, -0.2) is 0 Å². The molecule has 1 aliphatic rings. The fraction of sp³-hybridized carbons (Fsp3) is 0.615. The van der Waals surface area contributed by atoms with Crippen LogP contribution in [0.5, 0.6) is 0 Å². The predicted octanol–water partition coefficient (Wildman–Crippen LogP) is 0.312. The number of carbonyl (C=O) groups is 3. The molecule has 1 heterocycles. The number of carbonyl (C=O) groups excluding carboxylic acids is 3. The summed E-state index contributed by atoms with van der Waals surface area (Å²) in [5.41, 5.74) is 0.369. The minimum atomic E-state index is -0.804. The molecule has 0 N–H and O–H groups in total. The summed E-state index contributed by atoms with van der Waals surface area (Å²) in [7, 11) is 1.90. The molecule has 0 unspecified atom stereocenters. The number of ether oxygens (including phenoxy) is 2. The van der Waals surface area contributed by atoms with Gasteiger partial charge in [0.05, 0.1) is 0 Å². The van der Waals surface area contributed by atoms with Crippen LogP contribution in [0, 0.1) is 0 Å². The third kappa shape index (κ3) is 5.21. The van der Waals surface area contributed by atoms with Gasteiger partial charge in [-0.3, -0.25) is 14.4 Å². The number of likely N-dealkylation sites (N-methyl/N-ethyl adjacent to an activating group) is 1. The van der Waals surface area contributed by atoms with Crippen molar-refractivity contribution in [1.29, 1.82) is 0 Å². The molecule has 0 fully saturated rings. The van der Waals surface area contributed by atoms with Crippen LogP contribution in [0.1, 0.15) is 20.3 Å². The molecule has 0 spiro atoms. The zero-order chi connectivity index (χ0) is 14.4. The Bertz CT molecular complexity index is 402. The molecule has 0 aromatic carbocycles. The van der Waals surface area contributed by atoms with Gasteiger partial charge in [-0.05, 0) is 7.05 Å². The summed E-state index contributed by atoms with van der Waals surface area (Å²) in [6.07, 6.45) is 1.34. The summed E-state index contributed by atoms with van der Waals surface area (Å²) in [4.78, 5) is 36.0. The molecule has 6 nitrogen and oxygen atoms in total. The third-order valence-electron chi connectivity index (χ3n) is 2.77. The predicted molar refractivity (Wildman–Crippen MR) is 67.4 cm³/mol. The van der Waals surface area contributed by atoms with Crippen LogP contribution in [0.3, 0.4) is 0 Å². The molecule has 0 radical (unpaired) electrons. The lowest BCUT2D eigenvalue weighted by atomic mass is 10.0. The number of nitrogens with zero attached hydrogens (tertiary/aromatic N) is 1. The Labute approximate surface area is 112 Å². The van der Waals surface area contributed by atoms with Crippen LogP contribution >= 0.6 is 0 Å². The summed E-state index contributed by atoms with van der Waals surface area (Å²) in [5.74, 6) is -1.23. The molecule has 0 saturated heterocycles. The van der Waals surface area contributed by atoms with E-state index in [1.807, 2.05) is 11.9 Å². The first-order valence-corrected chi connectivity index (χ1v) is 6.12. The van der Waals surface area contributed by atoms with E-state index < -0.39 is 18.0 Å². The van der Waals surface area contributed by atoms with Crippen molar-refractivity contribution in [2.75, 3.05) is 26.7 Å². The quantitative estimate of drug-likeness (QED) is 0.687. The fourth-order valence-electron chi connectivity index (χ4n) is 1.76. The maximum Gasteiger partial charge on any atom is 0.303 e. The van der Waals surface area contributed by atoms with E-state index in [-0.39, 0.29) is 12.4 Å². The molecule has 106 valence electrons. The van der Waals surface area contributed by atoms with Crippen LogP contribution in [0.25, 0.3) is 0 Å². The largest absolute Gasteiger partial charge is 0.461 e. The zero-order valence-electron chi connectivity index (χ0n) is 11.5. The van der Waals surface area contributed by atoms with Crippen molar-refractivity contribution in [3.63, 3.8) is 0 Å². The molecular formula is C13H19NO5. The number of Topliss-reactive ketones (excluding diaryl/α,β-unsaturated/α-hetero) is 1. The molecule has 1 rings (SSSR count). The first kappa shape index (κ1) is 15.4. The van der Waals surface area contributed by atoms with Crippen LogP contribution in [0.4, 0.5) is 0 Å². The second-order valence-corrected chi connectivity index (χ2v) is 4.52. The lowest BCUT2D eigenvalue weighted by Gasteiger charge is -2.24. The summed E-state index contributed by atoms with van der Waals surface area (Å²) in [5, 5.41) is 0.